The van der Waals surface area contributed by atoms with Gasteiger partial charge in [-0.25, -0.2) is 0 Å². The summed E-state index contributed by atoms with van der Waals surface area (Å²) in [4.78, 5) is 22.7. The number of amides is 2. The third kappa shape index (κ3) is 7.23. The fourth-order valence-electron chi connectivity index (χ4n) is 1.23. The molecule has 0 radical (unpaired) electrons. The van der Waals surface area contributed by atoms with Gasteiger partial charge in [-0.2, -0.15) is 0 Å². The van der Waals surface area contributed by atoms with E-state index >= 15 is 0 Å². The lowest BCUT2D eigenvalue weighted by atomic mass is 10.1. The molecule has 0 aromatic heterocycles. The van der Waals surface area contributed by atoms with Gasteiger partial charge in [-0.3, -0.25) is 9.59 Å². The minimum Gasteiger partial charge on any atom is -0.352 e. The lowest BCUT2D eigenvalue weighted by Crippen LogP contribution is -2.45. The van der Waals surface area contributed by atoms with Gasteiger partial charge in [0.1, 0.15) is 0 Å². The Balaban J connectivity index is 3.75. The van der Waals surface area contributed by atoms with Crippen LogP contribution in [-0.2, 0) is 9.59 Å². The summed E-state index contributed by atoms with van der Waals surface area (Å²) in [7, 11) is 0. The number of hydrogen-bond acceptors (Lipinski definition) is 3. The molecular weight excluding hydrogens is 206 g/mol. The largest absolute Gasteiger partial charge is 0.352 e. The first-order chi connectivity index (χ1) is 7.47. The molecule has 2 amide bonds. The van der Waals surface area contributed by atoms with Crippen molar-refractivity contribution in [2.45, 2.75) is 52.1 Å². The molecule has 1 atom stereocenters. The third-order valence-electron chi connectivity index (χ3n) is 2.08. The molecule has 16 heavy (non-hydrogen) atoms. The van der Waals surface area contributed by atoms with Crippen LogP contribution in [0.2, 0.25) is 0 Å². The number of hydrogen-bond donors (Lipinski definition) is 3. The van der Waals surface area contributed by atoms with Gasteiger partial charge in [0.05, 0.1) is 12.6 Å². The van der Waals surface area contributed by atoms with Gasteiger partial charge >= 0.3 is 0 Å². The summed E-state index contributed by atoms with van der Waals surface area (Å²) in [5, 5.41) is 5.21. The van der Waals surface area contributed by atoms with Crippen LogP contribution >= 0.6 is 0 Å². The van der Waals surface area contributed by atoms with Crippen LogP contribution in [0.15, 0.2) is 0 Å². The van der Waals surface area contributed by atoms with Crippen LogP contribution in [0.4, 0.5) is 0 Å². The van der Waals surface area contributed by atoms with E-state index < -0.39 is 6.04 Å². The molecule has 0 aliphatic carbocycles. The van der Waals surface area contributed by atoms with Crippen molar-refractivity contribution in [1.82, 2.24) is 10.6 Å². The predicted molar refractivity (Wildman–Crippen MR) is 63.8 cm³/mol. The second kappa shape index (κ2) is 8.10. The molecule has 0 aliphatic rings. The smallest absolute Gasteiger partial charge is 0.239 e. The maximum absolute atomic E-state index is 11.4. The summed E-state index contributed by atoms with van der Waals surface area (Å²) < 4.78 is 0. The van der Waals surface area contributed by atoms with Crippen molar-refractivity contribution in [1.29, 1.82) is 0 Å². The Kier molecular flexibility index (Phi) is 7.54. The van der Waals surface area contributed by atoms with E-state index in [0.29, 0.717) is 6.42 Å². The molecule has 5 heteroatoms. The highest BCUT2D eigenvalue weighted by atomic mass is 16.2. The van der Waals surface area contributed by atoms with Gasteiger partial charge in [0.2, 0.25) is 11.8 Å². The first kappa shape index (κ1) is 14.9. The summed E-state index contributed by atoms with van der Waals surface area (Å²) in [6.07, 6.45) is 2.59. The molecule has 0 aromatic rings. The standard InChI is InChI=1S/C11H23N3O2/c1-4-5-6-9(12)11(16)13-7-10(15)14-8(2)3/h8-9H,4-7,12H2,1-3H3,(H,13,16)(H,14,15)/t9-/m0/s1. The van der Waals surface area contributed by atoms with Crippen LogP contribution in [0.25, 0.3) is 0 Å². The van der Waals surface area contributed by atoms with E-state index in [0.717, 1.165) is 12.8 Å². The van der Waals surface area contributed by atoms with Crippen LogP contribution in [0.3, 0.4) is 0 Å². The first-order valence-corrected chi connectivity index (χ1v) is 5.80. The van der Waals surface area contributed by atoms with Gasteiger partial charge in [0, 0.05) is 6.04 Å². The maximum Gasteiger partial charge on any atom is 0.239 e. The van der Waals surface area contributed by atoms with Crippen molar-refractivity contribution in [3.05, 3.63) is 0 Å². The Labute approximate surface area is 97.2 Å². The molecule has 94 valence electrons. The van der Waals surface area contributed by atoms with Crippen molar-refractivity contribution in [3.63, 3.8) is 0 Å². The van der Waals surface area contributed by atoms with Crippen LogP contribution < -0.4 is 16.4 Å². The minimum absolute atomic E-state index is 0.00314. The van der Waals surface area contributed by atoms with Crippen LogP contribution in [0.5, 0.6) is 0 Å². The highest BCUT2D eigenvalue weighted by molar-refractivity contribution is 5.87. The SMILES string of the molecule is CCCC[C@H](N)C(=O)NCC(=O)NC(C)C. The minimum atomic E-state index is -0.508. The second-order valence-electron chi connectivity index (χ2n) is 4.19. The molecule has 5 nitrogen and oxygen atoms in total. The van der Waals surface area contributed by atoms with Crippen molar-refractivity contribution in [3.8, 4) is 0 Å². The zero-order valence-corrected chi connectivity index (χ0v) is 10.4. The number of carbonyl (C=O) groups excluding carboxylic acids is 2. The van der Waals surface area contributed by atoms with E-state index in [1.165, 1.54) is 0 Å². The molecule has 0 aliphatic heterocycles. The third-order valence-corrected chi connectivity index (χ3v) is 2.08. The number of nitrogens with two attached hydrogens (primary N) is 1. The van der Waals surface area contributed by atoms with Crippen LogP contribution in [0.1, 0.15) is 40.0 Å². The molecule has 0 unspecified atom stereocenters. The Bertz CT molecular complexity index is 229. The summed E-state index contributed by atoms with van der Waals surface area (Å²) in [5.41, 5.74) is 5.65. The number of unbranched alkanes of at least 4 members (excludes halogenated alkanes) is 1. The van der Waals surface area contributed by atoms with Crippen molar-refractivity contribution >= 4 is 11.8 Å². The molecule has 0 saturated heterocycles. The van der Waals surface area contributed by atoms with E-state index in [2.05, 4.69) is 10.6 Å². The van der Waals surface area contributed by atoms with Gasteiger partial charge in [-0.05, 0) is 20.3 Å². The number of rotatable bonds is 7. The van der Waals surface area contributed by atoms with E-state index in [9.17, 15) is 9.59 Å². The quantitative estimate of drug-likeness (QED) is 0.581. The average Bonchev–Trinajstić information content (AvgIpc) is 2.21. The zero-order chi connectivity index (χ0) is 12.6. The Morgan fingerprint density at radius 2 is 1.94 bits per heavy atom. The molecule has 0 spiro atoms. The first-order valence-electron chi connectivity index (χ1n) is 5.80. The normalized spacial score (nSPS) is 12.3. The predicted octanol–water partition coefficient (Wildman–Crippen LogP) is 0.145. The molecular formula is C11H23N3O2. The maximum atomic E-state index is 11.4. The molecule has 0 rings (SSSR count). The Morgan fingerprint density at radius 3 is 2.44 bits per heavy atom. The van der Waals surface area contributed by atoms with E-state index in [1.54, 1.807) is 0 Å². The average molecular weight is 229 g/mol. The van der Waals surface area contributed by atoms with Crippen LogP contribution in [0, 0.1) is 0 Å². The van der Waals surface area contributed by atoms with E-state index in [4.69, 9.17) is 5.73 Å². The Hall–Kier alpha value is -1.10. The molecule has 0 fully saturated rings. The van der Waals surface area contributed by atoms with Gasteiger partial charge in [-0.1, -0.05) is 19.8 Å². The topological polar surface area (TPSA) is 84.2 Å². The second-order valence-corrected chi connectivity index (χ2v) is 4.19. The molecule has 4 N–H and O–H groups in total. The monoisotopic (exact) mass is 229 g/mol. The zero-order valence-electron chi connectivity index (χ0n) is 10.4. The van der Waals surface area contributed by atoms with Gasteiger partial charge < -0.3 is 16.4 Å². The van der Waals surface area contributed by atoms with Crippen molar-refractivity contribution in [2.75, 3.05) is 6.54 Å². The van der Waals surface area contributed by atoms with E-state index in [-0.39, 0.29) is 24.4 Å². The molecule has 0 aromatic carbocycles. The summed E-state index contributed by atoms with van der Waals surface area (Å²) >= 11 is 0. The van der Waals surface area contributed by atoms with Crippen molar-refractivity contribution in [2.24, 2.45) is 5.73 Å². The molecule has 0 saturated carbocycles. The highest BCUT2D eigenvalue weighted by Gasteiger charge is 2.13. The Morgan fingerprint density at radius 1 is 1.31 bits per heavy atom. The number of carbonyl (C=O) groups is 2. The highest BCUT2D eigenvalue weighted by Crippen LogP contribution is 1.97. The van der Waals surface area contributed by atoms with Gasteiger partial charge in [-0.15, -0.1) is 0 Å². The van der Waals surface area contributed by atoms with E-state index in [1.807, 2.05) is 20.8 Å². The van der Waals surface area contributed by atoms with Gasteiger partial charge in [0.15, 0.2) is 0 Å². The summed E-state index contributed by atoms with van der Waals surface area (Å²) in [6, 6.07) is -0.426. The fraction of sp³-hybridized carbons (Fsp3) is 0.818. The number of nitrogens with one attached hydrogen (secondary N) is 2. The van der Waals surface area contributed by atoms with Crippen molar-refractivity contribution < 1.29 is 9.59 Å². The summed E-state index contributed by atoms with van der Waals surface area (Å²) in [5.74, 6) is -0.446. The van der Waals surface area contributed by atoms with Crippen LogP contribution in [-0.4, -0.2) is 30.4 Å². The molecule has 0 heterocycles. The fourth-order valence-corrected chi connectivity index (χ4v) is 1.23. The van der Waals surface area contributed by atoms with Gasteiger partial charge in [0.25, 0.3) is 0 Å². The lowest BCUT2D eigenvalue weighted by molar-refractivity contribution is -0.127. The summed E-state index contributed by atoms with van der Waals surface area (Å²) in [6.45, 7) is 5.77. The molecule has 0 bridgehead atoms. The lowest BCUT2D eigenvalue weighted by Gasteiger charge is -2.12.